The average molecular weight is 293 g/mol. The van der Waals surface area contributed by atoms with Crippen LogP contribution in [0.25, 0.3) is 16.9 Å². The molecule has 1 aromatic carbocycles. The molecule has 2 heterocycles. The van der Waals surface area contributed by atoms with Crippen molar-refractivity contribution < 1.29 is 4.79 Å². The summed E-state index contributed by atoms with van der Waals surface area (Å²) in [5, 5.41) is 0. The summed E-state index contributed by atoms with van der Waals surface area (Å²) < 4.78 is 1.91. The quantitative estimate of drug-likeness (QED) is 0.738. The van der Waals surface area contributed by atoms with Gasteiger partial charge in [0.1, 0.15) is 5.65 Å². The summed E-state index contributed by atoms with van der Waals surface area (Å²) in [7, 11) is 1.83. The molecule has 0 spiro atoms. The Morgan fingerprint density at radius 1 is 1.14 bits per heavy atom. The predicted octanol–water partition coefficient (Wildman–Crippen LogP) is 3.48. The minimum Gasteiger partial charge on any atom is -0.342 e. The number of rotatable bonds is 4. The first-order chi connectivity index (χ1) is 10.7. The van der Waals surface area contributed by atoms with Crippen molar-refractivity contribution in [3.63, 3.8) is 0 Å². The highest BCUT2D eigenvalue weighted by molar-refractivity contribution is 5.94. The minimum atomic E-state index is 0.0405. The van der Waals surface area contributed by atoms with E-state index in [1.54, 1.807) is 4.90 Å². The number of pyridine rings is 1. The van der Waals surface area contributed by atoms with Crippen LogP contribution in [-0.2, 0) is 0 Å². The molecule has 0 radical (unpaired) electrons. The van der Waals surface area contributed by atoms with Crippen LogP contribution in [0.2, 0.25) is 0 Å². The second-order valence-electron chi connectivity index (χ2n) is 5.40. The van der Waals surface area contributed by atoms with Crippen molar-refractivity contribution >= 4 is 11.6 Å². The van der Waals surface area contributed by atoms with Crippen LogP contribution in [0.5, 0.6) is 0 Å². The van der Waals surface area contributed by atoms with E-state index in [9.17, 15) is 4.79 Å². The Hall–Kier alpha value is -2.62. The fourth-order valence-corrected chi connectivity index (χ4v) is 2.52. The van der Waals surface area contributed by atoms with Crippen LogP contribution in [0.1, 0.15) is 23.7 Å². The topological polar surface area (TPSA) is 37.6 Å². The van der Waals surface area contributed by atoms with Crippen molar-refractivity contribution in [3.8, 4) is 11.3 Å². The van der Waals surface area contributed by atoms with Gasteiger partial charge >= 0.3 is 0 Å². The van der Waals surface area contributed by atoms with Gasteiger partial charge in [0, 0.05) is 31.5 Å². The molecular weight excluding hydrogens is 274 g/mol. The lowest BCUT2D eigenvalue weighted by Gasteiger charge is -2.15. The van der Waals surface area contributed by atoms with Gasteiger partial charge < -0.3 is 9.30 Å². The number of fused-ring (bicyclic) bond motifs is 1. The first-order valence-corrected chi connectivity index (χ1v) is 7.48. The maximum Gasteiger partial charge on any atom is 0.255 e. The average Bonchev–Trinajstić information content (AvgIpc) is 2.98. The van der Waals surface area contributed by atoms with Gasteiger partial charge in [-0.15, -0.1) is 0 Å². The zero-order valence-corrected chi connectivity index (χ0v) is 12.9. The molecule has 0 saturated heterocycles. The summed E-state index contributed by atoms with van der Waals surface area (Å²) >= 11 is 0. The zero-order chi connectivity index (χ0) is 15.5. The molecule has 4 nitrogen and oxygen atoms in total. The largest absolute Gasteiger partial charge is 0.342 e. The number of carbonyl (C=O) groups excluding carboxylic acids is 1. The fraction of sp³-hybridized carbons (Fsp3) is 0.222. The second-order valence-corrected chi connectivity index (χ2v) is 5.40. The molecule has 0 N–H and O–H groups in total. The minimum absolute atomic E-state index is 0.0405. The predicted molar refractivity (Wildman–Crippen MR) is 87.9 cm³/mol. The summed E-state index contributed by atoms with van der Waals surface area (Å²) in [6, 6.07) is 13.8. The molecule has 2 aromatic heterocycles. The molecule has 0 unspecified atom stereocenters. The normalized spacial score (nSPS) is 10.8. The lowest BCUT2D eigenvalue weighted by atomic mass is 10.2. The molecule has 112 valence electrons. The van der Waals surface area contributed by atoms with Gasteiger partial charge in [0.05, 0.1) is 11.3 Å². The van der Waals surface area contributed by atoms with Gasteiger partial charge in [-0.05, 0) is 18.6 Å². The highest BCUT2D eigenvalue weighted by Gasteiger charge is 2.12. The van der Waals surface area contributed by atoms with Crippen LogP contribution in [0.3, 0.4) is 0 Å². The third-order valence-electron chi connectivity index (χ3n) is 3.67. The lowest BCUT2D eigenvalue weighted by molar-refractivity contribution is 0.0794. The van der Waals surface area contributed by atoms with E-state index in [0.717, 1.165) is 29.9 Å². The van der Waals surface area contributed by atoms with E-state index in [-0.39, 0.29) is 5.91 Å². The van der Waals surface area contributed by atoms with E-state index in [4.69, 9.17) is 0 Å². The highest BCUT2D eigenvalue weighted by Crippen LogP contribution is 2.19. The SMILES string of the molecule is CCCN(C)C(=O)c1ccc2nc(-c3ccccc3)cn2c1. The molecule has 0 saturated carbocycles. The van der Waals surface area contributed by atoms with Crippen molar-refractivity contribution in [2.45, 2.75) is 13.3 Å². The number of amides is 1. The van der Waals surface area contributed by atoms with Gasteiger partial charge in [-0.1, -0.05) is 37.3 Å². The summed E-state index contributed by atoms with van der Waals surface area (Å²) in [5.41, 5.74) is 3.50. The maximum absolute atomic E-state index is 12.3. The first kappa shape index (κ1) is 14.3. The van der Waals surface area contributed by atoms with Gasteiger partial charge in [0.25, 0.3) is 5.91 Å². The summed E-state index contributed by atoms with van der Waals surface area (Å²) in [6.07, 6.45) is 4.76. The summed E-state index contributed by atoms with van der Waals surface area (Å²) in [4.78, 5) is 18.7. The highest BCUT2D eigenvalue weighted by atomic mass is 16.2. The van der Waals surface area contributed by atoms with Crippen molar-refractivity contribution in [1.82, 2.24) is 14.3 Å². The van der Waals surface area contributed by atoms with Gasteiger partial charge in [-0.2, -0.15) is 0 Å². The molecule has 0 atom stereocenters. The Labute approximate surface area is 130 Å². The Morgan fingerprint density at radius 2 is 1.91 bits per heavy atom. The van der Waals surface area contributed by atoms with Crippen molar-refractivity contribution in [2.24, 2.45) is 0 Å². The molecule has 0 bridgehead atoms. The third kappa shape index (κ3) is 2.72. The van der Waals surface area contributed by atoms with E-state index >= 15 is 0 Å². The van der Waals surface area contributed by atoms with Crippen molar-refractivity contribution in [3.05, 3.63) is 60.4 Å². The van der Waals surface area contributed by atoms with Crippen LogP contribution in [0, 0.1) is 0 Å². The lowest BCUT2D eigenvalue weighted by Crippen LogP contribution is -2.27. The van der Waals surface area contributed by atoms with Crippen LogP contribution in [-0.4, -0.2) is 33.8 Å². The van der Waals surface area contributed by atoms with Crippen LogP contribution in [0.15, 0.2) is 54.9 Å². The van der Waals surface area contributed by atoms with Crippen molar-refractivity contribution in [2.75, 3.05) is 13.6 Å². The first-order valence-electron chi connectivity index (χ1n) is 7.48. The van der Waals surface area contributed by atoms with Crippen LogP contribution in [0.4, 0.5) is 0 Å². The summed E-state index contributed by atoms with van der Waals surface area (Å²) in [5.74, 6) is 0.0405. The molecule has 0 aliphatic rings. The molecule has 3 aromatic rings. The van der Waals surface area contributed by atoms with Gasteiger partial charge in [-0.3, -0.25) is 4.79 Å². The summed E-state index contributed by atoms with van der Waals surface area (Å²) in [6.45, 7) is 2.82. The molecule has 0 aliphatic heterocycles. The van der Waals surface area contributed by atoms with Gasteiger partial charge in [0.15, 0.2) is 0 Å². The van der Waals surface area contributed by atoms with E-state index < -0.39 is 0 Å². The van der Waals surface area contributed by atoms with Crippen LogP contribution >= 0.6 is 0 Å². The standard InChI is InChI=1S/C18H19N3O/c1-3-11-20(2)18(22)15-9-10-17-19-16(13-21(17)12-15)14-7-5-4-6-8-14/h4-10,12-13H,3,11H2,1-2H3. The molecule has 4 heteroatoms. The third-order valence-corrected chi connectivity index (χ3v) is 3.67. The van der Waals surface area contributed by atoms with Crippen molar-refractivity contribution in [1.29, 1.82) is 0 Å². The Balaban J connectivity index is 1.95. The number of hydrogen-bond acceptors (Lipinski definition) is 2. The zero-order valence-electron chi connectivity index (χ0n) is 12.9. The number of aromatic nitrogens is 2. The smallest absolute Gasteiger partial charge is 0.255 e. The number of imidazole rings is 1. The van der Waals surface area contributed by atoms with Gasteiger partial charge in [-0.25, -0.2) is 4.98 Å². The molecule has 22 heavy (non-hydrogen) atoms. The molecule has 1 amide bonds. The van der Waals surface area contributed by atoms with Gasteiger partial charge in [0.2, 0.25) is 0 Å². The fourth-order valence-electron chi connectivity index (χ4n) is 2.52. The van der Waals surface area contributed by atoms with Crippen LogP contribution < -0.4 is 0 Å². The second kappa shape index (κ2) is 6.02. The maximum atomic E-state index is 12.3. The van der Waals surface area contributed by atoms with E-state index in [0.29, 0.717) is 5.56 Å². The van der Waals surface area contributed by atoms with E-state index in [1.165, 1.54) is 0 Å². The molecule has 0 fully saturated rings. The Morgan fingerprint density at radius 3 is 2.64 bits per heavy atom. The molecule has 0 aliphatic carbocycles. The number of carbonyl (C=O) groups is 1. The number of nitrogens with zero attached hydrogens (tertiary/aromatic N) is 3. The number of hydrogen-bond donors (Lipinski definition) is 0. The Bertz CT molecular complexity index is 792. The molecule has 3 rings (SSSR count). The Kier molecular flexibility index (Phi) is 3.92. The van der Waals surface area contributed by atoms with E-state index in [2.05, 4.69) is 11.9 Å². The van der Waals surface area contributed by atoms with E-state index in [1.807, 2.05) is 66.3 Å². The number of benzene rings is 1. The monoisotopic (exact) mass is 293 g/mol. The molecular formula is C18H19N3O.